The molecule has 0 heterocycles. The second-order valence-corrected chi connectivity index (χ2v) is 6.80. The van der Waals surface area contributed by atoms with Gasteiger partial charge in [0.05, 0.1) is 0 Å². The van der Waals surface area contributed by atoms with Gasteiger partial charge in [0.25, 0.3) is 0 Å². The Balaban J connectivity index is 1.38. The fourth-order valence-corrected chi connectivity index (χ4v) is 3.10. The summed E-state index contributed by atoms with van der Waals surface area (Å²) in [6, 6.07) is 18.7. The van der Waals surface area contributed by atoms with E-state index in [4.69, 9.17) is 0 Å². The van der Waals surface area contributed by atoms with E-state index in [0.717, 1.165) is 30.3 Å². The zero-order valence-electron chi connectivity index (χ0n) is 12.5. The standard InChI is InChI=1S/C19H20BrNO/c20-16-10-8-14(9-11-16)5-4-12-21-19(22)18-13-17(18)15-6-2-1-3-7-15/h1-3,6-11,17-18H,4-5,12-13H2,(H,21,22)/t17?,18-/m0/s1. The van der Waals surface area contributed by atoms with Gasteiger partial charge in [-0.1, -0.05) is 58.4 Å². The molecule has 22 heavy (non-hydrogen) atoms. The van der Waals surface area contributed by atoms with Gasteiger partial charge in [0.1, 0.15) is 0 Å². The van der Waals surface area contributed by atoms with Crippen LogP contribution in [-0.2, 0) is 11.2 Å². The van der Waals surface area contributed by atoms with E-state index in [9.17, 15) is 4.79 Å². The van der Waals surface area contributed by atoms with Gasteiger partial charge in [0.2, 0.25) is 5.91 Å². The van der Waals surface area contributed by atoms with Crippen molar-refractivity contribution in [3.05, 3.63) is 70.2 Å². The lowest BCUT2D eigenvalue weighted by Crippen LogP contribution is -2.26. The molecule has 2 aromatic carbocycles. The van der Waals surface area contributed by atoms with Crippen molar-refractivity contribution in [2.45, 2.75) is 25.2 Å². The molecule has 0 spiro atoms. The smallest absolute Gasteiger partial charge is 0.223 e. The van der Waals surface area contributed by atoms with Crippen LogP contribution in [0.5, 0.6) is 0 Å². The lowest BCUT2D eigenvalue weighted by atomic mass is 10.1. The number of aryl methyl sites for hydroxylation is 1. The Kier molecular flexibility index (Phi) is 4.94. The first-order chi connectivity index (χ1) is 10.7. The Morgan fingerprint density at radius 1 is 1.09 bits per heavy atom. The highest BCUT2D eigenvalue weighted by atomic mass is 79.9. The molecule has 0 aliphatic heterocycles. The molecular formula is C19H20BrNO. The Morgan fingerprint density at radius 2 is 1.82 bits per heavy atom. The van der Waals surface area contributed by atoms with Crippen LogP contribution in [0.25, 0.3) is 0 Å². The Bertz CT molecular complexity index is 624. The van der Waals surface area contributed by atoms with Crippen molar-refractivity contribution in [1.29, 1.82) is 0 Å². The average molecular weight is 358 g/mol. The molecule has 1 unspecified atom stereocenters. The third-order valence-electron chi connectivity index (χ3n) is 4.21. The SMILES string of the molecule is O=C(NCCCc1ccc(Br)cc1)[C@H]1CC1c1ccccc1. The van der Waals surface area contributed by atoms with E-state index in [1.54, 1.807) is 0 Å². The second kappa shape index (κ2) is 7.10. The van der Waals surface area contributed by atoms with Gasteiger partial charge in [-0.25, -0.2) is 0 Å². The molecule has 3 rings (SSSR count). The van der Waals surface area contributed by atoms with Crippen LogP contribution in [0.3, 0.4) is 0 Å². The predicted molar refractivity (Wildman–Crippen MR) is 92.8 cm³/mol. The average Bonchev–Trinajstić information content (AvgIpc) is 3.35. The van der Waals surface area contributed by atoms with Gasteiger partial charge >= 0.3 is 0 Å². The summed E-state index contributed by atoms with van der Waals surface area (Å²) in [4.78, 5) is 12.1. The molecular weight excluding hydrogens is 338 g/mol. The third kappa shape index (κ3) is 3.98. The molecule has 0 bridgehead atoms. The molecule has 0 radical (unpaired) electrons. The maximum atomic E-state index is 12.1. The largest absolute Gasteiger partial charge is 0.356 e. The molecule has 1 saturated carbocycles. The van der Waals surface area contributed by atoms with E-state index >= 15 is 0 Å². The fourth-order valence-electron chi connectivity index (χ4n) is 2.84. The third-order valence-corrected chi connectivity index (χ3v) is 4.74. The van der Waals surface area contributed by atoms with E-state index in [2.05, 4.69) is 57.6 Å². The Morgan fingerprint density at radius 3 is 2.55 bits per heavy atom. The number of halogens is 1. The maximum absolute atomic E-state index is 12.1. The first-order valence-corrected chi connectivity index (χ1v) is 8.60. The zero-order valence-corrected chi connectivity index (χ0v) is 14.1. The van der Waals surface area contributed by atoms with Gasteiger partial charge in [0, 0.05) is 16.9 Å². The van der Waals surface area contributed by atoms with E-state index in [1.165, 1.54) is 11.1 Å². The maximum Gasteiger partial charge on any atom is 0.223 e. The van der Waals surface area contributed by atoms with Crippen molar-refractivity contribution < 1.29 is 4.79 Å². The summed E-state index contributed by atoms with van der Waals surface area (Å²) in [6.45, 7) is 0.757. The number of hydrogen-bond donors (Lipinski definition) is 1. The number of amides is 1. The van der Waals surface area contributed by atoms with Crippen molar-refractivity contribution in [3.63, 3.8) is 0 Å². The Hall–Kier alpha value is -1.61. The van der Waals surface area contributed by atoms with E-state index < -0.39 is 0 Å². The fraction of sp³-hybridized carbons (Fsp3) is 0.316. The summed E-state index contributed by atoms with van der Waals surface area (Å²) in [5.41, 5.74) is 2.60. The Labute approximate surface area is 140 Å². The summed E-state index contributed by atoms with van der Waals surface area (Å²) in [5.74, 6) is 0.812. The van der Waals surface area contributed by atoms with Crippen LogP contribution >= 0.6 is 15.9 Å². The van der Waals surface area contributed by atoms with Crippen LogP contribution in [0.15, 0.2) is 59.1 Å². The van der Waals surface area contributed by atoms with Gasteiger partial charge in [-0.2, -0.15) is 0 Å². The van der Waals surface area contributed by atoms with Crippen LogP contribution in [0.1, 0.15) is 29.9 Å². The predicted octanol–water partition coefficient (Wildman–Crippen LogP) is 4.30. The lowest BCUT2D eigenvalue weighted by molar-refractivity contribution is -0.122. The second-order valence-electron chi connectivity index (χ2n) is 5.88. The van der Waals surface area contributed by atoms with Crippen molar-refractivity contribution in [1.82, 2.24) is 5.32 Å². The number of carbonyl (C=O) groups excluding carboxylic acids is 1. The molecule has 1 aliphatic carbocycles. The van der Waals surface area contributed by atoms with Crippen molar-refractivity contribution >= 4 is 21.8 Å². The van der Waals surface area contributed by atoms with Crippen molar-refractivity contribution in [2.24, 2.45) is 5.92 Å². The molecule has 1 fully saturated rings. The summed E-state index contributed by atoms with van der Waals surface area (Å²) in [6.07, 6.45) is 2.97. The molecule has 2 atom stereocenters. The number of benzene rings is 2. The van der Waals surface area contributed by atoms with Crippen LogP contribution in [0.2, 0.25) is 0 Å². The summed E-state index contributed by atoms with van der Waals surface area (Å²) in [5, 5.41) is 3.08. The summed E-state index contributed by atoms with van der Waals surface area (Å²) < 4.78 is 1.10. The highest BCUT2D eigenvalue weighted by molar-refractivity contribution is 9.10. The van der Waals surface area contributed by atoms with Gasteiger partial charge in [-0.3, -0.25) is 4.79 Å². The summed E-state index contributed by atoms with van der Waals surface area (Å²) >= 11 is 3.44. The number of rotatable bonds is 6. The van der Waals surface area contributed by atoms with E-state index in [-0.39, 0.29) is 11.8 Å². The molecule has 2 aromatic rings. The normalized spacial score (nSPS) is 19.7. The van der Waals surface area contributed by atoms with Crippen LogP contribution in [-0.4, -0.2) is 12.5 Å². The number of nitrogens with one attached hydrogen (secondary N) is 1. The molecule has 0 saturated heterocycles. The first-order valence-electron chi connectivity index (χ1n) is 7.81. The summed E-state index contributed by atoms with van der Waals surface area (Å²) in [7, 11) is 0. The van der Waals surface area contributed by atoms with Crippen molar-refractivity contribution in [3.8, 4) is 0 Å². The van der Waals surface area contributed by atoms with Gasteiger partial charge in [-0.05, 0) is 48.4 Å². The number of carbonyl (C=O) groups is 1. The zero-order chi connectivity index (χ0) is 15.4. The van der Waals surface area contributed by atoms with Gasteiger partial charge in [0.15, 0.2) is 0 Å². The molecule has 0 aromatic heterocycles. The lowest BCUT2D eigenvalue weighted by Gasteiger charge is -2.05. The molecule has 3 heteroatoms. The molecule has 1 N–H and O–H groups in total. The van der Waals surface area contributed by atoms with Gasteiger partial charge in [-0.15, -0.1) is 0 Å². The monoisotopic (exact) mass is 357 g/mol. The van der Waals surface area contributed by atoms with Crippen LogP contribution < -0.4 is 5.32 Å². The van der Waals surface area contributed by atoms with Gasteiger partial charge < -0.3 is 5.32 Å². The topological polar surface area (TPSA) is 29.1 Å². The minimum Gasteiger partial charge on any atom is -0.356 e. The molecule has 114 valence electrons. The first kappa shape index (κ1) is 15.3. The minimum atomic E-state index is 0.176. The van der Waals surface area contributed by atoms with Crippen molar-refractivity contribution in [2.75, 3.05) is 6.54 Å². The van der Waals surface area contributed by atoms with Crippen LogP contribution in [0, 0.1) is 5.92 Å². The number of hydrogen-bond acceptors (Lipinski definition) is 1. The quantitative estimate of drug-likeness (QED) is 0.767. The molecule has 1 aliphatic rings. The molecule has 1 amide bonds. The minimum absolute atomic E-state index is 0.176. The molecule has 2 nitrogen and oxygen atoms in total. The van der Waals surface area contributed by atoms with Crippen LogP contribution in [0.4, 0.5) is 0 Å². The highest BCUT2D eigenvalue weighted by Gasteiger charge is 2.43. The van der Waals surface area contributed by atoms with E-state index in [0.29, 0.717) is 5.92 Å². The highest BCUT2D eigenvalue weighted by Crippen LogP contribution is 2.47. The van der Waals surface area contributed by atoms with E-state index in [1.807, 2.05) is 18.2 Å².